The van der Waals surface area contributed by atoms with Gasteiger partial charge in [-0.05, 0) is 38.8 Å². The first kappa shape index (κ1) is 23.1. The lowest BCUT2D eigenvalue weighted by Gasteiger charge is -2.28. The molecule has 0 unspecified atom stereocenters. The van der Waals surface area contributed by atoms with Crippen LogP contribution in [-0.2, 0) is 14.3 Å². The van der Waals surface area contributed by atoms with Gasteiger partial charge in [0.2, 0.25) is 0 Å². The van der Waals surface area contributed by atoms with Gasteiger partial charge < -0.3 is 14.8 Å². The first-order chi connectivity index (χ1) is 15.1. The van der Waals surface area contributed by atoms with Gasteiger partial charge in [-0.15, -0.1) is 0 Å². The van der Waals surface area contributed by atoms with Crippen molar-refractivity contribution in [3.05, 3.63) is 59.7 Å². The molecule has 3 rings (SSSR count). The SMILES string of the molecule is CC(C)[C@@H](NC(=O)OC(C)(C)C)C(=O)NNC(=O)C1c2ccccc2Oc2ccccc21. The summed E-state index contributed by atoms with van der Waals surface area (Å²) in [6.07, 6.45) is -0.704. The number of amides is 3. The second-order valence-corrected chi connectivity index (χ2v) is 8.96. The van der Waals surface area contributed by atoms with Crippen molar-refractivity contribution in [1.29, 1.82) is 0 Å². The molecule has 1 atom stereocenters. The molecule has 0 aromatic heterocycles. The summed E-state index contributed by atoms with van der Waals surface area (Å²) in [6.45, 7) is 8.78. The summed E-state index contributed by atoms with van der Waals surface area (Å²) in [5, 5.41) is 2.56. The van der Waals surface area contributed by atoms with E-state index in [1.165, 1.54) is 0 Å². The van der Waals surface area contributed by atoms with Crippen molar-refractivity contribution in [2.75, 3.05) is 0 Å². The number of hydrazine groups is 1. The molecule has 32 heavy (non-hydrogen) atoms. The van der Waals surface area contributed by atoms with Crippen LogP contribution >= 0.6 is 0 Å². The van der Waals surface area contributed by atoms with E-state index in [0.717, 1.165) is 0 Å². The minimum atomic E-state index is -0.889. The van der Waals surface area contributed by atoms with Crippen LogP contribution in [0, 0.1) is 5.92 Å². The molecule has 3 amide bonds. The van der Waals surface area contributed by atoms with Crippen LogP contribution in [0.2, 0.25) is 0 Å². The monoisotopic (exact) mass is 439 g/mol. The van der Waals surface area contributed by atoms with Crippen LogP contribution < -0.4 is 20.9 Å². The Morgan fingerprint density at radius 1 is 0.906 bits per heavy atom. The van der Waals surface area contributed by atoms with E-state index in [9.17, 15) is 14.4 Å². The molecule has 0 radical (unpaired) electrons. The minimum Gasteiger partial charge on any atom is -0.457 e. The number of para-hydroxylation sites is 2. The topological polar surface area (TPSA) is 106 Å². The van der Waals surface area contributed by atoms with Crippen LogP contribution in [0.1, 0.15) is 51.7 Å². The molecule has 0 spiro atoms. The van der Waals surface area contributed by atoms with Crippen LogP contribution in [-0.4, -0.2) is 29.6 Å². The Kier molecular flexibility index (Phi) is 6.72. The predicted molar refractivity (Wildman–Crippen MR) is 119 cm³/mol. The van der Waals surface area contributed by atoms with Crippen molar-refractivity contribution in [1.82, 2.24) is 16.2 Å². The summed E-state index contributed by atoms with van der Waals surface area (Å²) < 4.78 is 11.1. The number of alkyl carbamates (subject to hydrolysis) is 1. The normalized spacial score (nSPS) is 13.8. The molecule has 0 bridgehead atoms. The zero-order chi connectivity index (χ0) is 23.5. The Labute approximate surface area is 187 Å². The lowest BCUT2D eigenvalue weighted by molar-refractivity contribution is -0.131. The van der Waals surface area contributed by atoms with Gasteiger partial charge in [0, 0.05) is 11.1 Å². The number of hydrogen-bond acceptors (Lipinski definition) is 5. The van der Waals surface area contributed by atoms with E-state index >= 15 is 0 Å². The number of carbonyl (C=O) groups excluding carboxylic acids is 3. The van der Waals surface area contributed by atoms with E-state index in [2.05, 4.69) is 16.2 Å². The van der Waals surface area contributed by atoms with E-state index in [1.54, 1.807) is 46.8 Å². The molecule has 2 aromatic rings. The van der Waals surface area contributed by atoms with E-state index in [4.69, 9.17) is 9.47 Å². The minimum absolute atomic E-state index is 0.232. The van der Waals surface area contributed by atoms with Crippen molar-refractivity contribution in [2.45, 2.75) is 52.2 Å². The van der Waals surface area contributed by atoms with Crippen molar-refractivity contribution in [3.8, 4) is 11.5 Å². The Bertz CT molecular complexity index is 967. The summed E-state index contributed by atoms with van der Waals surface area (Å²) in [7, 11) is 0. The second-order valence-electron chi connectivity index (χ2n) is 8.96. The Morgan fingerprint density at radius 2 is 1.44 bits per heavy atom. The van der Waals surface area contributed by atoms with Gasteiger partial charge in [0.15, 0.2) is 0 Å². The Hall–Kier alpha value is -3.55. The summed E-state index contributed by atoms with van der Waals surface area (Å²) in [5.41, 5.74) is 5.65. The first-order valence-corrected chi connectivity index (χ1v) is 10.5. The summed E-state index contributed by atoms with van der Waals surface area (Å²) >= 11 is 0. The van der Waals surface area contributed by atoms with Gasteiger partial charge >= 0.3 is 6.09 Å². The average Bonchev–Trinajstić information content (AvgIpc) is 2.72. The second kappa shape index (κ2) is 9.30. The average molecular weight is 440 g/mol. The third kappa shape index (κ3) is 5.38. The molecular formula is C24H29N3O5. The molecule has 170 valence electrons. The van der Waals surface area contributed by atoms with Gasteiger partial charge in [-0.25, -0.2) is 4.79 Å². The Balaban J connectivity index is 1.72. The molecule has 2 aromatic carbocycles. The summed E-state index contributed by atoms with van der Waals surface area (Å²) in [4.78, 5) is 38.0. The molecule has 0 aliphatic carbocycles. The van der Waals surface area contributed by atoms with Gasteiger partial charge in [0.05, 0.1) is 5.92 Å². The standard InChI is InChI=1S/C24H29N3O5/c1-14(2)20(25-23(30)32-24(3,4)5)22(29)27-26-21(28)19-15-10-6-8-12-17(15)31-18-13-9-7-11-16(18)19/h6-14,19-20H,1-5H3,(H,25,30)(H,26,28)(H,27,29)/t20-/m1/s1. The molecule has 0 fully saturated rings. The quantitative estimate of drug-likeness (QED) is 0.631. The highest BCUT2D eigenvalue weighted by Crippen LogP contribution is 2.43. The van der Waals surface area contributed by atoms with Crippen LogP contribution in [0.4, 0.5) is 4.79 Å². The molecule has 0 saturated heterocycles. The highest BCUT2D eigenvalue weighted by molar-refractivity contribution is 5.92. The maximum absolute atomic E-state index is 13.1. The van der Waals surface area contributed by atoms with Crippen molar-refractivity contribution in [2.24, 2.45) is 5.92 Å². The zero-order valence-electron chi connectivity index (χ0n) is 18.9. The van der Waals surface area contributed by atoms with E-state index in [0.29, 0.717) is 22.6 Å². The number of hydrogen-bond donors (Lipinski definition) is 3. The predicted octanol–water partition coefficient (Wildman–Crippen LogP) is 3.62. The van der Waals surface area contributed by atoms with Crippen molar-refractivity contribution < 1.29 is 23.9 Å². The fraction of sp³-hybridized carbons (Fsp3) is 0.375. The van der Waals surface area contributed by atoms with E-state index < -0.39 is 35.5 Å². The molecule has 1 aliphatic heterocycles. The number of benzene rings is 2. The molecule has 1 aliphatic rings. The van der Waals surface area contributed by atoms with Gasteiger partial charge in [0.1, 0.15) is 23.1 Å². The highest BCUT2D eigenvalue weighted by Gasteiger charge is 2.33. The van der Waals surface area contributed by atoms with Gasteiger partial charge in [0.25, 0.3) is 11.8 Å². The van der Waals surface area contributed by atoms with Crippen molar-refractivity contribution >= 4 is 17.9 Å². The van der Waals surface area contributed by atoms with E-state index in [-0.39, 0.29) is 5.92 Å². The first-order valence-electron chi connectivity index (χ1n) is 10.5. The number of rotatable bonds is 4. The highest BCUT2D eigenvalue weighted by atomic mass is 16.6. The van der Waals surface area contributed by atoms with Gasteiger partial charge in [-0.1, -0.05) is 50.2 Å². The summed E-state index contributed by atoms with van der Waals surface area (Å²) in [5.74, 6) is -0.681. The van der Waals surface area contributed by atoms with Crippen LogP contribution in [0.3, 0.4) is 0 Å². The van der Waals surface area contributed by atoms with Crippen LogP contribution in [0.5, 0.6) is 11.5 Å². The van der Waals surface area contributed by atoms with Crippen LogP contribution in [0.25, 0.3) is 0 Å². The lowest BCUT2D eigenvalue weighted by atomic mass is 9.87. The maximum Gasteiger partial charge on any atom is 0.408 e. The molecule has 3 N–H and O–H groups in total. The van der Waals surface area contributed by atoms with Crippen LogP contribution in [0.15, 0.2) is 48.5 Å². The number of fused-ring (bicyclic) bond motifs is 2. The molecular weight excluding hydrogens is 410 g/mol. The Morgan fingerprint density at radius 3 is 1.94 bits per heavy atom. The molecule has 8 nitrogen and oxygen atoms in total. The maximum atomic E-state index is 13.1. The fourth-order valence-corrected chi connectivity index (χ4v) is 3.43. The van der Waals surface area contributed by atoms with Gasteiger partial charge in [-0.3, -0.25) is 20.4 Å². The number of nitrogens with one attached hydrogen (secondary N) is 3. The number of carbonyl (C=O) groups is 3. The summed E-state index contributed by atoms with van der Waals surface area (Å²) in [6, 6.07) is 13.7. The lowest BCUT2D eigenvalue weighted by Crippen LogP contribution is -2.55. The smallest absolute Gasteiger partial charge is 0.408 e. The fourth-order valence-electron chi connectivity index (χ4n) is 3.43. The third-order valence-corrected chi connectivity index (χ3v) is 4.87. The molecule has 0 saturated carbocycles. The zero-order valence-corrected chi connectivity index (χ0v) is 18.9. The number of ether oxygens (including phenoxy) is 2. The molecule has 8 heteroatoms. The van der Waals surface area contributed by atoms with E-state index in [1.807, 2.05) is 36.4 Å². The molecule has 1 heterocycles. The van der Waals surface area contributed by atoms with Crippen molar-refractivity contribution in [3.63, 3.8) is 0 Å². The largest absolute Gasteiger partial charge is 0.457 e. The third-order valence-electron chi connectivity index (χ3n) is 4.87. The van der Waals surface area contributed by atoms with Gasteiger partial charge in [-0.2, -0.15) is 0 Å².